The Morgan fingerprint density at radius 1 is 0.909 bits per heavy atom. The molecule has 0 aromatic rings. The van der Waals surface area contributed by atoms with Gasteiger partial charge in [-0.3, -0.25) is 0 Å². The highest BCUT2D eigenvalue weighted by atomic mass is 15.2. The lowest BCUT2D eigenvalue weighted by Gasteiger charge is -2.49. The number of hydrogen-bond donors (Lipinski definition) is 1. The molecule has 0 amide bonds. The molecular weight excluding hydrogens is 268 g/mol. The molecule has 0 spiro atoms. The van der Waals surface area contributed by atoms with Crippen LogP contribution in [0.2, 0.25) is 0 Å². The predicted molar refractivity (Wildman–Crippen MR) is 97.3 cm³/mol. The fourth-order valence-electron chi connectivity index (χ4n) is 4.74. The fraction of sp³-hybridized carbons (Fsp3) is 1.00. The van der Waals surface area contributed by atoms with Crippen molar-refractivity contribution in [2.45, 2.75) is 97.6 Å². The van der Waals surface area contributed by atoms with E-state index < -0.39 is 0 Å². The van der Waals surface area contributed by atoms with Crippen molar-refractivity contribution in [2.75, 3.05) is 19.6 Å². The summed E-state index contributed by atoms with van der Waals surface area (Å²) in [5, 5.41) is 3.47. The van der Waals surface area contributed by atoms with Gasteiger partial charge in [-0.05, 0) is 75.9 Å². The van der Waals surface area contributed by atoms with E-state index in [9.17, 15) is 0 Å². The number of nitrogens with zero attached hydrogens (tertiary/aromatic N) is 1. The monoisotopic (exact) mass is 308 g/mol. The maximum absolute atomic E-state index is 3.47. The zero-order valence-corrected chi connectivity index (χ0v) is 15.7. The molecule has 3 aliphatic rings. The third-order valence-electron chi connectivity index (χ3n) is 6.11. The van der Waals surface area contributed by atoms with E-state index >= 15 is 0 Å². The summed E-state index contributed by atoms with van der Waals surface area (Å²) in [5.74, 6) is 0.941. The van der Waals surface area contributed by atoms with E-state index in [1.165, 1.54) is 77.4 Å². The molecule has 3 heterocycles. The Kier molecular flexibility index (Phi) is 7.21. The minimum Gasteiger partial charge on any atom is -0.314 e. The van der Waals surface area contributed by atoms with Gasteiger partial charge in [0, 0.05) is 12.1 Å². The first-order chi connectivity index (χ1) is 10.5. The van der Waals surface area contributed by atoms with Gasteiger partial charge in [-0.25, -0.2) is 0 Å². The van der Waals surface area contributed by atoms with Gasteiger partial charge in [0.15, 0.2) is 0 Å². The lowest BCUT2D eigenvalue weighted by atomic mass is 9.69. The number of fused-ring (bicyclic) bond motifs is 1. The number of hydrogen-bond acceptors (Lipinski definition) is 2. The molecule has 0 saturated carbocycles. The summed E-state index contributed by atoms with van der Waals surface area (Å²) in [7, 11) is 0. The molecule has 3 fully saturated rings. The standard InChI is InChI=1S/C13H25N.C7H15N/c1-13(2,3)11-7-6-10-14-9-5-4-8-12(11)14;1-2-7-5-3-4-6-8-7/h11-12H,4-10H2,1-3H3;7-8H,2-6H2,1H3. The molecule has 0 aromatic carbocycles. The minimum absolute atomic E-state index is 0.515. The van der Waals surface area contributed by atoms with Gasteiger partial charge in [0.2, 0.25) is 0 Å². The summed E-state index contributed by atoms with van der Waals surface area (Å²) in [6.07, 6.45) is 12.8. The summed E-state index contributed by atoms with van der Waals surface area (Å²) in [5.41, 5.74) is 0.515. The summed E-state index contributed by atoms with van der Waals surface area (Å²) >= 11 is 0. The first kappa shape index (κ1) is 18.3. The molecule has 22 heavy (non-hydrogen) atoms. The molecule has 0 aromatic heterocycles. The van der Waals surface area contributed by atoms with E-state index in [0.717, 1.165) is 18.0 Å². The van der Waals surface area contributed by atoms with Crippen LogP contribution in [0.1, 0.15) is 85.5 Å². The average Bonchev–Trinajstić information content (AvgIpc) is 2.55. The van der Waals surface area contributed by atoms with Gasteiger partial charge in [0.1, 0.15) is 0 Å². The number of nitrogens with one attached hydrogen (secondary N) is 1. The highest BCUT2D eigenvalue weighted by molar-refractivity contribution is 4.92. The predicted octanol–water partition coefficient (Wildman–Crippen LogP) is 4.84. The van der Waals surface area contributed by atoms with Crippen LogP contribution < -0.4 is 5.32 Å². The Morgan fingerprint density at radius 2 is 1.64 bits per heavy atom. The minimum atomic E-state index is 0.515. The molecule has 3 atom stereocenters. The zero-order valence-electron chi connectivity index (χ0n) is 15.7. The normalized spacial score (nSPS) is 33.5. The summed E-state index contributed by atoms with van der Waals surface area (Å²) in [4.78, 5) is 2.77. The maximum atomic E-state index is 3.47. The van der Waals surface area contributed by atoms with E-state index in [1.807, 2.05) is 0 Å². The molecule has 2 heteroatoms. The van der Waals surface area contributed by atoms with Crippen molar-refractivity contribution in [3.05, 3.63) is 0 Å². The van der Waals surface area contributed by atoms with Crippen molar-refractivity contribution in [3.8, 4) is 0 Å². The molecule has 3 unspecified atom stereocenters. The van der Waals surface area contributed by atoms with Gasteiger partial charge < -0.3 is 10.2 Å². The van der Waals surface area contributed by atoms with Gasteiger partial charge in [0.25, 0.3) is 0 Å². The van der Waals surface area contributed by atoms with Crippen LogP contribution in [0.25, 0.3) is 0 Å². The number of rotatable bonds is 1. The third-order valence-corrected chi connectivity index (χ3v) is 6.11. The second-order valence-corrected chi connectivity index (χ2v) is 8.77. The molecule has 3 aliphatic heterocycles. The van der Waals surface area contributed by atoms with Crippen LogP contribution in [0, 0.1) is 11.3 Å². The van der Waals surface area contributed by atoms with E-state index in [0.29, 0.717) is 5.41 Å². The average molecular weight is 309 g/mol. The lowest BCUT2D eigenvalue weighted by molar-refractivity contribution is 0.00850. The van der Waals surface area contributed by atoms with Crippen LogP contribution in [-0.2, 0) is 0 Å². The Morgan fingerprint density at radius 3 is 2.23 bits per heavy atom. The van der Waals surface area contributed by atoms with Gasteiger partial charge in [-0.2, -0.15) is 0 Å². The largest absolute Gasteiger partial charge is 0.314 e. The van der Waals surface area contributed by atoms with E-state index in [2.05, 4.69) is 37.9 Å². The third kappa shape index (κ3) is 5.23. The van der Waals surface area contributed by atoms with Crippen molar-refractivity contribution in [1.82, 2.24) is 10.2 Å². The Bertz CT molecular complexity index is 299. The Hall–Kier alpha value is -0.0800. The second-order valence-electron chi connectivity index (χ2n) is 8.77. The number of piperidine rings is 3. The van der Waals surface area contributed by atoms with Crippen LogP contribution in [0.5, 0.6) is 0 Å². The highest BCUT2D eigenvalue weighted by Crippen LogP contribution is 2.40. The molecule has 3 saturated heterocycles. The van der Waals surface area contributed by atoms with Crippen molar-refractivity contribution in [2.24, 2.45) is 11.3 Å². The van der Waals surface area contributed by atoms with E-state index in [-0.39, 0.29) is 0 Å². The lowest BCUT2D eigenvalue weighted by Crippen LogP contribution is -2.51. The van der Waals surface area contributed by atoms with E-state index in [1.54, 1.807) is 0 Å². The van der Waals surface area contributed by atoms with Crippen LogP contribution in [-0.4, -0.2) is 36.6 Å². The molecule has 2 nitrogen and oxygen atoms in total. The van der Waals surface area contributed by atoms with Crippen LogP contribution in [0.15, 0.2) is 0 Å². The molecule has 3 rings (SSSR count). The van der Waals surface area contributed by atoms with Crippen LogP contribution in [0.3, 0.4) is 0 Å². The van der Waals surface area contributed by atoms with Crippen molar-refractivity contribution < 1.29 is 0 Å². The molecule has 0 bridgehead atoms. The summed E-state index contributed by atoms with van der Waals surface area (Å²) in [6.45, 7) is 13.5. The SMILES string of the molecule is CC(C)(C)C1CCCN2CCCCC12.CCC1CCCCN1. The van der Waals surface area contributed by atoms with Crippen molar-refractivity contribution in [3.63, 3.8) is 0 Å². The van der Waals surface area contributed by atoms with Crippen LogP contribution in [0.4, 0.5) is 0 Å². The maximum Gasteiger partial charge on any atom is 0.0128 e. The fourth-order valence-corrected chi connectivity index (χ4v) is 4.74. The first-order valence-corrected chi connectivity index (χ1v) is 9.99. The Balaban J connectivity index is 0.000000188. The van der Waals surface area contributed by atoms with Crippen molar-refractivity contribution in [1.29, 1.82) is 0 Å². The van der Waals surface area contributed by atoms with E-state index in [4.69, 9.17) is 0 Å². The molecular formula is C20H40N2. The molecule has 130 valence electrons. The summed E-state index contributed by atoms with van der Waals surface area (Å²) < 4.78 is 0. The smallest absolute Gasteiger partial charge is 0.0128 e. The molecule has 0 radical (unpaired) electrons. The summed E-state index contributed by atoms with van der Waals surface area (Å²) in [6, 6.07) is 1.75. The molecule has 0 aliphatic carbocycles. The zero-order chi connectivity index (χ0) is 16.0. The second kappa shape index (κ2) is 8.68. The van der Waals surface area contributed by atoms with Crippen LogP contribution >= 0.6 is 0 Å². The highest BCUT2D eigenvalue weighted by Gasteiger charge is 2.38. The van der Waals surface area contributed by atoms with Crippen molar-refractivity contribution >= 4 is 0 Å². The van der Waals surface area contributed by atoms with Gasteiger partial charge in [-0.15, -0.1) is 0 Å². The van der Waals surface area contributed by atoms with Gasteiger partial charge in [-0.1, -0.05) is 40.5 Å². The van der Waals surface area contributed by atoms with Gasteiger partial charge >= 0.3 is 0 Å². The quantitative estimate of drug-likeness (QED) is 0.746. The Labute approximate surface area is 139 Å². The topological polar surface area (TPSA) is 15.3 Å². The first-order valence-electron chi connectivity index (χ1n) is 9.99. The molecule has 1 N–H and O–H groups in total. The van der Waals surface area contributed by atoms with Gasteiger partial charge in [0.05, 0.1) is 0 Å².